The summed E-state index contributed by atoms with van der Waals surface area (Å²) in [6.07, 6.45) is 1.57. The number of thiazole rings is 1. The summed E-state index contributed by atoms with van der Waals surface area (Å²) in [6, 6.07) is 9.92. The lowest BCUT2D eigenvalue weighted by molar-refractivity contribution is -0.139. The molecule has 9 nitrogen and oxygen atoms in total. The van der Waals surface area contributed by atoms with Crippen LogP contribution >= 0.6 is 27.3 Å². The number of methoxy groups -OCH3 is 1. The SMILES string of the molecule is CCOC(=O)C1=C(C)N=c2s/c(=C\c3cc(Br)c(OC(C)=O)c(OC)c3)c(=O)n2[C@H]1c1ccccc1OC(C)C. The summed E-state index contributed by atoms with van der Waals surface area (Å²) in [5, 5.41) is 0. The van der Waals surface area contributed by atoms with Gasteiger partial charge >= 0.3 is 11.9 Å². The molecule has 0 unspecified atom stereocenters. The van der Waals surface area contributed by atoms with Crippen LogP contribution < -0.4 is 29.1 Å². The third kappa shape index (κ3) is 5.90. The highest BCUT2D eigenvalue weighted by Gasteiger charge is 2.35. The van der Waals surface area contributed by atoms with Crippen LogP contribution in [0.2, 0.25) is 0 Å². The average Bonchev–Trinajstić information content (AvgIpc) is 3.18. The molecule has 3 aromatic rings. The van der Waals surface area contributed by atoms with Crippen molar-refractivity contribution in [1.82, 2.24) is 4.57 Å². The Kier molecular flexibility index (Phi) is 8.95. The maximum atomic E-state index is 14.0. The van der Waals surface area contributed by atoms with Crippen LogP contribution in [0.4, 0.5) is 0 Å². The van der Waals surface area contributed by atoms with E-state index in [-0.39, 0.29) is 29.6 Å². The average molecular weight is 630 g/mol. The molecule has 2 aromatic carbocycles. The van der Waals surface area contributed by atoms with Crippen molar-refractivity contribution in [3.63, 3.8) is 0 Å². The van der Waals surface area contributed by atoms with Gasteiger partial charge in [-0.15, -0.1) is 0 Å². The number of carbonyl (C=O) groups excluding carboxylic acids is 2. The Morgan fingerprint density at radius 3 is 2.58 bits per heavy atom. The highest BCUT2D eigenvalue weighted by Crippen LogP contribution is 2.38. The molecule has 0 saturated carbocycles. The first-order valence-corrected chi connectivity index (χ1v) is 14.2. The van der Waals surface area contributed by atoms with Crippen LogP contribution in [0.5, 0.6) is 17.2 Å². The van der Waals surface area contributed by atoms with Gasteiger partial charge in [0.2, 0.25) is 0 Å². The van der Waals surface area contributed by atoms with E-state index in [0.29, 0.717) is 42.1 Å². The fourth-order valence-corrected chi connectivity index (χ4v) is 5.96. The van der Waals surface area contributed by atoms with Gasteiger partial charge in [0, 0.05) is 12.5 Å². The highest BCUT2D eigenvalue weighted by molar-refractivity contribution is 9.10. The van der Waals surface area contributed by atoms with Crippen molar-refractivity contribution in [3.8, 4) is 17.2 Å². The monoisotopic (exact) mass is 628 g/mol. The largest absolute Gasteiger partial charge is 0.493 e. The number of fused-ring (bicyclic) bond motifs is 1. The second-order valence-corrected chi connectivity index (χ2v) is 11.0. The van der Waals surface area contributed by atoms with E-state index in [0.717, 1.165) is 0 Å². The van der Waals surface area contributed by atoms with Crippen molar-refractivity contribution in [2.24, 2.45) is 4.99 Å². The molecule has 1 aromatic heterocycles. The van der Waals surface area contributed by atoms with Gasteiger partial charge in [0.05, 0.1) is 40.1 Å². The summed E-state index contributed by atoms with van der Waals surface area (Å²) in [6.45, 7) is 8.76. The highest BCUT2D eigenvalue weighted by atomic mass is 79.9. The molecule has 1 aliphatic rings. The fourth-order valence-electron chi connectivity index (χ4n) is 4.37. The number of rotatable bonds is 8. The van der Waals surface area contributed by atoms with Gasteiger partial charge in [0.15, 0.2) is 16.3 Å². The van der Waals surface area contributed by atoms with Gasteiger partial charge in [-0.25, -0.2) is 9.79 Å². The number of hydrogen-bond acceptors (Lipinski definition) is 9. The molecule has 2 heterocycles. The Bertz CT molecular complexity index is 1690. The summed E-state index contributed by atoms with van der Waals surface area (Å²) in [4.78, 5) is 43.8. The van der Waals surface area contributed by atoms with E-state index >= 15 is 0 Å². The van der Waals surface area contributed by atoms with Crippen LogP contribution in [0, 0.1) is 0 Å². The second kappa shape index (κ2) is 12.2. The van der Waals surface area contributed by atoms with Gasteiger partial charge < -0.3 is 18.9 Å². The van der Waals surface area contributed by atoms with Gasteiger partial charge in [0.1, 0.15) is 11.8 Å². The molecule has 0 bridgehead atoms. The van der Waals surface area contributed by atoms with Crippen LogP contribution in [0.25, 0.3) is 6.08 Å². The van der Waals surface area contributed by atoms with Crippen molar-refractivity contribution in [2.45, 2.75) is 46.8 Å². The molecule has 210 valence electrons. The number of hydrogen-bond donors (Lipinski definition) is 0. The molecule has 0 radical (unpaired) electrons. The van der Waals surface area contributed by atoms with Crippen molar-refractivity contribution in [3.05, 3.63) is 83.0 Å². The standard InChI is InChI=1S/C29H29BrN2O7S/c1-7-37-28(35)24-16(4)31-29-32(25(24)19-10-8-9-11-21(19)38-15(2)3)27(34)23(40-29)14-18-12-20(30)26(39-17(5)33)22(13-18)36-6/h8-15,25H,7H2,1-6H3/b23-14-/t25-/m0/s1. The molecule has 4 rings (SSSR count). The van der Waals surface area contributed by atoms with Gasteiger partial charge in [0.25, 0.3) is 5.56 Å². The van der Waals surface area contributed by atoms with E-state index in [9.17, 15) is 14.4 Å². The number of para-hydroxylation sites is 1. The number of esters is 2. The number of nitrogens with zero attached hydrogens (tertiary/aromatic N) is 2. The molecule has 0 aliphatic carbocycles. The molecule has 1 atom stereocenters. The van der Waals surface area contributed by atoms with E-state index < -0.39 is 18.0 Å². The molecule has 0 N–H and O–H groups in total. The summed E-state index contributed by atoms with van der Waals surface area (Å²) < 4.78 is 24.5. The number of ether oxygens (including phenoxy) is 4. The minimum atomic E-state index is -0.806. The zero-order chi connectivity index (χ0) is 29.1. The number of benzene rings is 2. The van der Waals surface area contributed by atoms with Crippen LogP contribution in [0.1, 0.15) is 51.8 Å². The van der Waals surface area contributed by atoms with Crippen molar-refractivity contribution in [1.29, 1.82) is 0 Å². The van der Waals surface area contributed by atoms with E-state index in [1.165, 1.54) is 29.9 Å². The molecule has 0 fully saturated rings. The Morgan fingerprint density at radius 2 is 1.93 bits per heavy atom. The van der Waals surface area contributed by atoms with Crippen LogP contribution in [0.15, 0.2) is 61.9 Å². The first-order valence-electron chi connectivity index (χ1n) is 12.6. The molecule has 0 spiro atoms. The number of carbonyl (C=O) groups is 2. The lowest BCUT2D eigenvalue weighted by Crippen LogP contribution is -2.40. The normalized spacial score (nSPS) is 15.0. The predicted octanol–water partition coefficient (Wildman–Crippen LogP) is 4.28. The Hall–Kier alpha value is -3.70. The molecule has 0 saturated heterocycles. The quantitative estimate of drug-likeness (QED) is 0.271. The summed E-state index contributed by atoms with van der Waals surface area (Å²) in [5.74, 6) is 0.0849. The minimum absolute atomic E-state index is 0.128. The predicted molar refractivity (Wildman–Crippen MR) is 155 cm³/mol. The van der Waals surface area contributed by atoms with Crippen LogP contribution in [-0.4, -0.2) is 36.3 Å². The molecular weight excluding hydrogens is 600 g/mol. The zero-order valence-electron chi connectivity index (χ0n) is 22.9. The third-order valence-electron chi connectivity index (χ3n) is 5.89. The van der Waals surface area contributed by atoms with Gasteiger partial charge in [-0.3, -0.25) is 14.2 Å². The molecule has 0 amide bonds. The van der Waals surface area contributed by atoms with Crippen LogP contribution in [-0.2, 0) is 14.3 Å². The van der Waals surface area contributed by atoms with Gasteiger partial charge in [-0.05, 0) is 73.5 Å². The minimum Gasteiger partial charge on any atom is -0.493 e. The van der Waals surface area contributed by atoms with E-state index in [1.54, 1.807) is 32.1 Å². The lowest BCUT2D eigenvalue weighted by atomic mass is 9.95. The first kappa shape index (κ1) is 29.3. The maximum Gasteiger partial charge on any atom is 0.338 e. The van der Waals surface area contributed by atoms with Gasteiger partial charge in [-0.2, -0.15) is 0 Å². The molecular formula is C29H29BrN2O7S. The van der Waals surface area contributed by atoms with Crippen molar-refractivity contribution in [2.75, 3.05) is 13.7 Å². The number of halogens is 1. The topological polar surface area (TPSA) is 105 Å². The third-order valence-corrected chi connectivity index (χ3v) is 7.46. The maximum absolute atomic E-state index is 14.0. The summed E-state index contributed by atoms with van der Waals surface area (Å²) in [7, 11) is 1.46. The van der Waals surface area contributed by atoms with Gasteiger partial charge in [-0.1, -0.05) is 29.5 Å². The van der Waals surface area contributed by atoms with Crippen molar-refractivity contribution < 1.29 is 28.5 Å². The fraction of sp³-hybridized carbons (Fsp3) is 0.310. The van der Waals surface area contributed by atoms with Crippen LogP contribution in [0.3, 0.4) is 0 Å². The molecule has 11 heteroatoms. The Balaban J connectivity index is 1.95. The number of aromatic nitrogens is 1. The lowest BCUT2D eigenvalue weighted by Gasteiger charge is -2.26. The molecule has 40 heavy (non-hydrogen) atoms. The van der Waals surface area contributed by atoms with E-state index in [1.807, 2.05) is 38.1 Å². The molecule has 1 aliphatic heterocycles. The van der Waals surface area contributed by atoms with Crippen molar-refractivity contribution >= 4 is 45.3 Å². The first-order chi connectivity index (χ1) is 19.0. The Labute approximate surface area is 243 Å². The summed E-state index contributed by atoms with van der Waals surface area (Å²) in [5.41, 5.74) is 1.69. The smallest absolute Gasteiger partial charge is 0.338 e. The Morgan fingerprint density at radius 1 is 1.20 bits per heavy atom. The zero-order valence-corrected chi connectivity index (χ0v) is 25.3. The summed E-state index contributed by atoms with van der Waals surface area (Å²) >= 11 is 4.62. The van der Waals surface area contributed by atoms with E-state index in [4.69, 9.17) is 18.9 Å². The number of allylic oxidation sites excluding steroid dienone is 1. The van der Waals surface area contributed by atoms with E-state index in [2.05, 4.69) is 20.9 Å². The second-order valence-electron chi connectivity index (χ2n) is 9.13.